The van der Waals surface area contributed by atoms with Crippen molar-refractivity contribution in [3.8, 4) is 5.75 Å². The Balaban J connectivity index is 1.59. The van der Waals surface area contributed by atoms with Crippen molar-refractivity contribution in [2.75, 3.05) is 20.2 Å². The van der Waals surface area contributed by atoms with E-state index in [9.17, 15) is 9.59 Å². The Kier molecular flexibility index (Phi) is 5.08. The number of ether oxygens (including phenoxy) is 1. The molecule has 0 aromatic carbocycles. The first kappa shape index (κ1) is 17.5. The third kappa shape index (κ3) is 3.68. The molecule has 1 aliphatic rings. The van der Waals surface area contributed by atoms with Gasteiger partial charge < -0.3 is 15.0 Å². The summed E-state index contributed by atoms with van der Waals surface area (Å²) in [6, 6.07) is 3.51. The van der Waals surface area contributed by atoms with Gasteiger partial charge in [0.15, 0.2) is 0 Å². The molecule has 7 nitrogen and oxygen atoms in total. The van der Waals surface area contributed by atoms with Crippen LogP contribution in [0.15, 0.2) is 17.5 Å². The van der Waals surface area contributed by atoms with Crippen LogP contribution in [0.4, 0.5) is 0 Å². The molecule has 1 saturated heterocycles. The molecule has 2 aromatic rings. The van der Waals surface area contributed by atoms with E-state index in [1.807, 2.05) is 19.2 Å². The third-order valence-corrected chi connectivity index (χ3v) is 5.20. The van der Waals surface area contributed by atoms with E-state index in [0.29, 0.717) is 35.3 Å². The Morgan fingerprint density at radius 1 is 1.48 bits per heavy atom. The number of methoxy groups -OCH3 is 1. The van der Waals surface area contributed by atoms with Gasteiger partial charge in [-0.15, -0.1) is 11.3 Å². The van der Waals surface area contributed by atoms with E-state index in [2.05, 4.69) is 15.5 Å². The summed E-state index contributed by atoms with van der Waals surface area (Å²) in [5.74, 6) is 0.605. The molecule has 1 fully saturated rings. The summed E-state index contributed by atoms with van der Waals surface area (Å²) in [4.78, 5) is 27.2. The predicted molar refractivity (Wildman–Crippen MR) is 95.3 cm³/mol. The summed E-state index contributed by atoms with van der Waals surface area (Å²) in [6.45, 7) is 5.18. The van der Waals surface area contributed by atoms with Crippen molar-refractivity contribution in [2.45, 2.75) is 32.2 Å². The standard InChI is InChI=1S/C17H22N4O3S/c1-10(2)12-8-13(20-19-12)17(23)21-6-4-11(9-21)18-16(22)15-14(24-3)5-7-25-15/h5,7-8,10-11H,4,6,9H2,1-3H3,(H,18,22)(H,19,20). The fourth-order valence-electron chi connectivity index (χ4n) is 2.84. The topological polar surface area (TPSA) is 87.3 Å². The lowest BCUT2D eigenvalue weighted by molar-refractivity contribution is 0.0777. The van der Waals surface area contributed by atoms with Crippen LogP contribution in [0.5, 0.6) is 5.75 Å². The van der Waals surface area contributed by atoms with E-state index in [1.54, 1.807) is 24.1 Å². The van der Waals surface area contributed by atoms with Crippen molar-refractivity contribution in [2.24, 2.45) is 0 Å². The summed E-state index contributed by atoms with van der Waals surface area (Å²) < 4.78 is 5.18. The molecule has 2 amide bonds. The molecule has 1 aliphatic heterocycles. The van der Waals surface area contributed by atoms with E-state index in [4.69, 9.17) is 4.74 Å². The fraction of sp³-hybridized carbons (Fsp3) is 0.471. The number of nitrogens with one attached hydrogen (secondary N) is 2. The second-order valence-corrected chi connectivity index (χ2v) is 7.31. The molecule has 0 radical (unpaired) electrons. The highest BCUT2D eigenvalue weighted by atomic mass is 32.1. The van der Waals surface area contributed by atoms with Crippen molar-refractivity contribution >= 4 is 23.2 Å². The van der Waals surface area contributed by atoms with E-state index in [-0.39, 0.29) is 17.9 Å². The summed E-state index contributed by atoms with van der Waals surface area (Å²) in [5.41, 5.74) is 1.37. The molecule has 25 heavy (non-hydrogen) atoms. The number of amides is 2. The molecular weight excluding hydrogens is 340 g/mol. The SMILES string of the molecule is COc1ccsc1C(=O)NC1CCN(C(=O)c2cc(C(C)C)[nH]n2)C1. The molecule has 8 heteroatoms. The van der Waals surface area contributed by atoms with Crippen molar-refractivity contribution < 1.29 is 14.3 Å². The van der Waals surface area contributed by atoms with Crippen LogP contribution in [0.1, 0.15) is 52.0 Å². The molecule has 0 spiro atoms. The van der Waals surface area contributed by atoms with Gasteiger partial charge >= 0.3 is 0 Å². The maximum Gasteiger partial charge on any atom is 0.274 e. The van der Waals surface area contributed by atoms with Crippen LogP contribution >= 0.6 is 11.3 Å². The summed E-state index contributed by atoms with van der Waals surface area (Å²) >= 11 is 1.34. The first-order valence-corrected chi connectivity index (χ1v) is 9.14. The number of nitrogens with zero attached hydrogens (tertiary/aromatic N) is 2. The zero-order valence-electron chi connectivity index (χ0n) is 14.5. The molecule has 1 unspecified atom stereocenters. The first-order chi connectivity index (χ1) is 12.0. The van der Waals surface area contributed by atoms with Crippen molar-refractivity contribution in [3.63, 3.8) is 0 Å². The van der Waals surface area contributed by atoms with Crippen LogP contribution in [-0.4, -0.2) is 53.2 Å². The van der Waals surface area contributed by atoms with E-state index >= 15 is 0 Å². The highest BCUT2D eigenvalue weighted by molar-refractivity contribution is 7.12. The van der Waals surface area contributed by atoms with Gasteiger partial charge in [-0.1, -0.05) is 13.8 Å². The van der Waals surface area contributed by atoms with Crippen molar-refractivity contribution in [1.82, 2.24) is 20.4 Å². The fourth-order valence-corrected chi connectivity index (χ4v) is 3.60. The molecule has 0 saturated carbocycles. The smallest absolute Gasteiger partial charge is 0.274 e. The van der Waals surface area contributed by atoms with Crippen LogP contribution in [0.25, 0.3) is 0 Å². The van der Waals surface area contributed by atoms with Gasteiger partial charge in [0.2, 0.25) is 0 Å². The maximum absolute atomic E-state index is 12.6. The molecule has 1 atom stereocenters. The molecule has 0 aliphatic carbocycles. The van der Waals surface area contributed by atoms with Crippen LogP contribution in [0.2, 0.25) is 0 Å². The number of rotatable bonds is 5. The van der Waals surface area contributed by atoms with Crippen LogP contribution in [0.3, 0.4) is 0 Å². The lowest BCUT2D eigenvalue weighted by Crippen LogP contribution is -2.38. The number of hydrogen-bond donors (Lipinski definition) is 2. The lowest BCUT2D eigenvalue weighted by Gasteiger charge is -2.16. The minimum Gasteiger partial charge on any atom is -0.495 e. The minimum absolute atomic E-state index is 0.0632. The number of H-pyrrole nitrogens is 1. The normalized spacial score (nSPS) is 17.1. The van der Waals surface area contributed by atoms with Gasteiger partial charge in [-0.3, -0.25) is 14.7 Å². The number of likely N-dealkylation sites (tertiary alicyclic amines) is 1. The second-order valence-electron chi connectivity index (χ2n) is 6.39. The number of carbonyl (C=O) groups is 2. The summed E-state index contributed by atoms with van der Waals surface area (Å²) in [5, 5.41) is 11.8. The Bertz CT molecular complexity index is 768. The van der Waals surface area contributed by atoms with Gasteiger partial charge in [0, 0.05) is 24.8 Å². The predicted octanol–water partition coefficient (Wildman–Crippen LogP) is 2.25. The van der Waals surface area contributed by atoms with Crippen LogP contribution < -0.4 is 10.1 Å². The zero-order chi connectivity index (χ0) is 18.0. The van der Waals surface area contributed by atoms with Gasteiger partial charge in [-0.05, 0) is 29.9 Å². The zero-order valence-corrected chi connectivity index (χ0v) is 15.4. The van der Waals surface area contributed by atoms with E-state index < -0.39 is 0 Å². The lowest BCUT2D eigenvalue weighted by atomic mass is 10.1. The highest BCUT2D eigenvalue weighted by Crippen LogP contribution is 2.25. The Hall–Kier alpha value is -2.35. The van der Waals surface area contributed by atoms with E-state index in [0.717, 1.165) is 12.1 Å². The molecular formula is C17H22N4O3S. The highest BCUT2D eigenvalue weighted by Gasteiger charge is 2.30. The third-order valence-electron chi connectivity index (χ3n) is 4.30. The van der Waals surface area contributed by atoms with Crippen molar-refractivity contribution in [1.29, 1.82) is 0 Å². The number of aromatic amines is 1. The molecule has 2 N–H and O–H groups in total. The van der Waals surface area contributed by atoms with E-state index in [1.165, 1.54) is 11.3 Å². The maximum atomic E-state index is 12.6. The number of carbonyl (C=O) groups excluding carboxylic acids is 2. The average Bonchev–Trinajstić information content (AvgIpc) is 3.33. The average molecular weight is 362 g/mol. The van der Waals surface area contributed by atoms with Crippen LogP contribution in [-0.2, 0) is 0 Å². The van der Waals surface area contributed by atoms with Crippen molar-refractivity contribution in [3.05, 3.63) is 33.8 Å². The van der Waals surface area contributed by atoms with Gasteiger partial charge in [0.05, 0.1) is 7.11 Å². The summed E-state index contributed by atoms with van der Waals surface area (Å²) in [7, 11) is 1.55. The largest absolute Gasteiger partial charge is 0.495 e. The second kappa shape index (κ2) is 7.26. The summed E-state index contributed by atoms with van der Waals surface area (Å²) in [6.07, 6.45) is 0.729. The number of thiophene rings is 1. The molecule has 0 bridgehead atoms. The Morgan fingerprint density at radius 3 is 2.96 bits per heavy atom. The van der Waals surface area contributed by atoms with Gasteiger partial charge in [-0.25, -0.2) is 0 Å². The number of aromatic nitrogens is 2. The van der Waals surface area contributed by atoms with Gasteiger partial charge in [0.1, 0.15) is 16.3 Å². The first-order valence-electron chi connectivity index (χ1n) is 8.26. The van der Waals surface area contributed by atoms with Crippen LogP contribution in [0, 0.1) is 0 Å². The Morgan fingerprint density at radius 2 is 2.28 bits per heavy atom. The monoisotopic (exact) mass is 362 g/mol. The molecule has 3 heterocycles. The quantitative estimate of drug-likeness (QED) is 0.854. The molecule has 3 rings (SSSR count). The van der Waals surface area contributed by atoms with Gasteiger partial charge in [-0.2, -0.15) is 5.10 Å². The molecule has 2 aromatic heterocycles. The van der Waals surface area contributed by atoms with Gasteiger partial charge in [0.25, 0.3) is 11.8 Å². The number of hydrogen-bond acceptors (Lipinski definition) is 5. The molecule has 134 valence electrons. The minimum atomic E-state index is -0.159. The Labute approximate surface area is 150 Å².